The summed E-state index contributed by atoms with van der Waals surface area (Å²) in [5.41, 5.74) is 1.25. The standard InChI is InChI=1S/C12H15N3O/c1-3-9(2)13-12(16)10-8-15-7-5-4-6-11(15)14-10/h4-9H,3H2,1-2H3,(H,13,16). The third kappa shape index (κ3) is 2.05. The lowest BCUT2D eigenvalue weighted by Gasteiger charge is -2.08. The van der Waals surface area contributed by atoms with Crippen molar-refractivity contribution in [3.05, 3.63) is 36.3 Å². The minimum atomic E-state index is -0.113. The van der Waals surface area contributed by atoms with Crippen LogP contribution >= 0.6 is 0 Å². The van der Waals surface area contributed by atoms with E-state index < -0.39 is 0 Å². The lowest BCUT2D eigenvalue weighted by Crippen LogP contribution is -2.32. The number of hydrogen-bond acceptors (Lipinski definition) is 2. The highest BCUT2D eigenvalue weighted by molar-refractivity contribution is 5.93. The van der Waals surface area contributed by atoms with Crippen molar-refractivity contribution in [1.29, 1.82) is 0 Å². The van der Waals surface area contributed by atoms with Crippen LogP contribution in [0.5, 0.6) is 0 Å². The molecule has 2 rings (SSSR count). The van der Waals surface area contributed by atoms with Crippen LogP contribution in [0.25, 0.3) is 5.65 Å². The number of carbonyl (C=O) groups excluding carboxylic acids is 1. The minimum absolute atomic E-state index is 0.113. The normalized spacial score (nSPS) is 12.6. The van der Waals surface area contributed by atoms with Crippen molar-refractivity contribution in [2.24, 2.45) is 0 Å². The van der Waals surface area contributed by atoms with Crippen LogP contribution in [-0.4, -0.2) is 21.3 Å². The van der Waals surface area contributed by atoms with Crippen LogP contribution in [0, 0.1) is 0 Å². The van der Waals surface area contributed by atoms with Crippen molar-refractivity contribution >= 4 is 11.6 Å². The van der Waals surface area contributed by atoms with E-state index in [2.05, 4.69) is 10.3 Å². The summed E-state index contributed by atoms with van der Waals surface area (Å²) in [6.07, 6.45) is 4.54. The number of carbonyl (C=O) groups is 1. The minimum Gasteiger partial charge on any atom is -0.348 e. The molecule has 1 unspecified atom stereocenters. The number of nitrogens with zero attached hydrogens (tertiary/aromatic N) is 2. The average Bonchev–Trinajstić information content (AvgIpc) is 2.72. The number of amides is 1. The number of pyridine rings is 1. The molecule has 0 saturated carbocycles. The predicted molar refractivity (Wildman–Crippen MR) is 62.4 cm³/mol. The molecule has 84 valence electrons. The number of hydrogen-bond donors (Lipinski definition) is 1. The first-order valence-corrected chi connectivity index (χ1v) is 5.45. The zero-order chi connectivity index (χ0) is 11.5. The van der Waals surface area contributed by atoms with Gasteiger partial charge in [-0.2, -0.15) is 0 Å². The molecule has 0 bridgehead atoms. The zero-order valence-electron chi connectivity index (χ0n) is 9.47. The lowest BCUT2D eigenvalue weighted by atomic mass is 10.2. The van der Waals surface area contributed by atoms with E-state index in [0.717, 1.165) is 12.1 Å². The highest BCUT2D eigenvalue weighted by Crippen LogP contribution is 2.04. The van der Waals surface area contributed by atoms with Gasteiger partial charge in [0, 0.05) is 18.4 Å². The fourth-order valence-electron chi connectivity index (χ4n) is 1.44. The Hall–Kier alpha value is -1.84. The fraction of sp³-hybridized carbons (Fsp3) is 0.333. The van der Waals surface area contributed by atoms with Crippen molar-refractivity contribution in [2.45, 2.75) is 26.3 Å². The molecule has 2 aromatic heterocycles. The molecule has 1 amide bonds. The first kappa shape index (κ1) is 10.7. The molecule has 0 spiro atoms. The monoisotopic (exact) mass is 217 g/mol. The maximum Gasteiger partial charge on any atom is 0.271 e. The maximum atomic E-state index is 11.8. The molecule has 0 aliphatic heterocycles. The van der Waals surface area contributed by atoms with Crippen molar-refractivity contribution in [2.75, 3.05) is 0 Å². The van der Waals surface area contributed by atoms with E-state index in [0.29, 0.717) is 5.69 Å². The Balaban J connectivity index is 2.23. The van der Waals surface area contributed by atoms with E-state index in [9.17, 15) is 4.79 Å². The molecule has 0 aromatic carbocycles. The molecule has 0 saturated heterocycles. The molecular formula is C12H15N3O. The van der Waals surface area contributed by atoms with Crippen LogP contribution in [0.3, 0.4) is 0 Å². The van der Waals surface area contributed by atoms with Gasteiger partial charge in [0.05, 0.1) is 0 Å². The SMILES string of the molecule is CCC(C)NC(=O)c1cn2ccccc2n1. The van der Waals surface area contributed by atoms with E-state index in [1.165, 1.54) is 0 Å². The Labute approximate surface area is 94.3 Å². The van der Waals surface area contributed by atoms with Gasteiger partial charge in [0.25, 0.3) is 5.91 Å². The third-order valence-electron chi connectivity index (χ3n) is 2.59. The zero-order valence-corrected chi connectivity index (χ0v) is 9.47. The van der Waals surface area contributed by atoms with E-state index in [1.807, 2.05) is 42.6 Å². The Morgan fingerprint density at radius 2 is 2.38 bits per heavy atom. The molecule has 0 aliphatic carbocycles. The Morgan fingerprint density at radius 1 is 1.56 bits per heavy atom. The van der Waals surface area contributed by atoms with Crippen LogP contribution in [0.2, 0.25) is 0 Å². The van der Waals surface area contributed by atoms with Crippen LogP contribution < -0.4 is 5.32 Å². The molecule has 0 radical (unpaired) electrons. The fourth-order valence-corrected chi connectivity index (χ4v) is 1.44. The van der Waals surface area contributed by atoms with E-state index in [-0.39, 0.29) is 11.9 Å². The first-order valence-electron chi connectivity index (χ1n) is 5.45. The van der Waals surface area contributed by atoms with Gasteiger partial charge in [0.1, 0.15) is 11.3 Å². The molecule has 2 heterocycles. The number of nitrogens with one attached hydrogen (secondary N) is 1. The topological polar surface area (TPSA) is 46.4 Å². The van der Waals surface area contributed by atoms with Crippen molar-refractivity contribution in [3.63, 3.8) is 0 Å². The quantitative estimate of drug-likeness (QED) is 0.853. The first-order chi connectivity index (χ1) is 7.70. The number of rotatable bonds is 3. The van der Waals surface area contributed by atoms with E-state index >= 15 is 0 Å². The van der Waals surface area contributed by atoms with Gasteiger partial charge < -0.3 is 9.72 Å². The summed E-state index contributed by atoms with van der Waals surface area (Å²) in [6.45, 7) is 4.02. The molecular weight excluding hydrogens is 202 g/mol. The van der Waals surface area contributed by atoms with Gasteiger partial charge in [-0.3, -0.25) is 4.79 Å². The molecule has 0 aliphatic rings. The van der Waals surface area contributed by atoms with Gasteiger partial charge in [0.15, 0.2) is 0 Å². The van der Waals surface area contributed by atoms with Crippen molar-refractivity contribution < 1.29 is 4.79 Å². The summed E-state index contributed by atoms with van der Waals surface area (Å²) in [4.78, 5) is 16.0. The predicted octanol–water partition coefficient (Wildman–Crippen LogP) is 1.86. The Morgan fingerprint density at radius 3 is 3.06 bits per heavy atom. The summed E-state index contributed by atoms with van der Waals surface area (Å²) in [5.74, 6) is -0.113. The molecule has 4 heteroatoms. The lowest BCUT2D eigenvalue weighted by molar-refractivity contribution is 0.0935. The highest BCUT2D eigenvalue weighted by Gasteiger charge is 2.11. The summed E-state index contributed by atoms with van der Waals surface area (Å²) in [6, 6.07) is 5.86. The van der Waals surface area contributed by atoms with Crippen LogP contribution in [0.1, 0.15) is 30.8 Å². The second kappa shape index (κ2) is 4.35. The van der Waals surface area contributed by atoms with Crippen LogP contribution in [0.15, 0.2) is 30.6 Å². The summed E-state index contributed by atoms with van der Waals surface area (Å²) < 4.78 is 1.84. The molecule has 0 fully saturated rings. The maximum absolute atomic E-state index is 11.8. The van der Waals surface area contributed by atoms with Gasteiger partial charge in [-0.25, -0.2) is 4.98 Å². The number of aromatic nitrogens is 2. The summed E-state index contributed by atoms with van der Waals surface area (Å²) in [5, 5.41) is 2.89. The van der Waals surface area contributed by atoms with Gasteiger partial charge in [-0.05, 0) is 25.5 Å². The van der Waals surface area contributed by atoms with Crippen molar-refractivity contribution in [3.8, 4) is 0 Å². The smallest absolute Gasteiger partial charge is 0.271 e. The van der Waals surface area contributed by atoms with Gasteiger partial charge in [0.2, 0.25) is 0 Å². The molecule has 2 aromatic rings. The summed E-state index contributed by atoms with van der Waals surface area (Å²) in [7, 11) is 0. The Kier molecular flexibility index (Phi) is 2.90. The second-order valence-electron chi connectivity index (χ2n) is 3.88. The highest BCUT2D eigenvalue weighted by atomic mass is 16.1. The molecule has 16 heavy (non-hydrogen) atoms. The van der Waals surface area contributed by atoms with Crippen LogP contribution in [-0.2, 0) is 0 Å². The average molecular weight is 217 g/mol. The van der Waals surface area contributed by atoms with Gasteiger partial charge >= 0.3 is 0 Å². The molecule has 4 nitrogen and oxygen atoms in total. The van der Waals surface area contributed by atoms with Crippen LogP contribution in [0.4, 0.5) is 0 Å². The largest absolute Gasteiger partial charge is 0.348 e. The van der Waals surface area contributed by atoms with Gasteiger partial charge in [-0.1, -0.05) is 13.0 Å². The van der Waals surface area contributed by atoms with Crippen molar-refractivity contribution in [1.82, 2.24) is 14.7 Å². The van der Waals surface area contributed by atoms with Gasteiger partial charge in [-0.15, -0.1) is 0 Å². The summed E-state index contributed by atoms with van der Waals surface area (Å²) >= 11 is 0. The molecule has 1 N–H and O–H groups in total. The van der Waals surface area contributed by atoms with E-state index in [4.69, 9.17) is 0 Å². The second-order valence-corrected chi connectivity index (χ2v) is 3.88. The molecule has 1 atom stereocenters. The number of imidazole rings is 1. The number of fused-ring (bicyclic) bond motifs is 1. The Bertz CT molecular complexity index is 471. The van der Waals surface area contributed by atoms with E-state index in [1.54, 1.807) is 6.20 Å². The third-order valence-corrected chi connectivity index (χ3v) is 2.59.